The molecule has 0 spiro atoms. The first kappa shape index (κ1) is 18.1. The number of nitrogens with one attached hydrogen (secondary N) is 1. The van der Waals surface area contributed by atoms with Crippen molar-refractivity contribution in [2.75, 3.05) is 38.2 Å². The minimum Gasteiger partial charge on any atom is -0.480 e. The van der Waals surface area contributed by atoms with Crippen LogP contribution in [-0.4, -0.2) is 58.5 Å². The summed E-state index contributed by atoms with van der Waals surface area (Å²) < 4.78 is 21.5. The molecule has 0 aliphatic carbocycles. The van der Waals surface area contributed by atoms with E-state index in [-0.39, 0.29) is 22.8 Å². The van der Waals surface area contributed by atoms with Crippen LogP contribution in [0.5, 0.6) is 5.88 Å². The Bertz CT molecular complexity index is 1060. The Morgan fingerprint density at radius 3 is 2.68 bits per heavy atom. The first-order valence-corrected chi connectivity index (χ1v) is 8.84. The molecule has 9 nitrogen and oxygen atoms in total. The number of amides is 1. The Morgan fingerprint density at radius 2 is 2.00 bits per heavy atom. The van der Waals surface area contributed by atoms with E-state index in [9.17, 15) is 9.18 Å². The van der Waals surface area contributed by atoms with Gasteiger partial charge in [0.25, 0.3) is 5.91 Å². The lowest BCUT2D eigenvalue weighted by molar-refractivity contribution is 0.0997. The standard InChI is InChI=1S/C18H20FN7O2/c1-10-8-26-9-11(7-12(19)16(26)22-10)14-13(15(20)27)17(28-2)24-18(23-14)25-5-3-21-4-6-25/h7-9,21H,3-6H2,1-2H3,(H2,20,27). The van der Waals surface area contributed by atoms with Crippen molar-refractivity contribution in [1.29, 1.82) is 0 Å². The summed E-state index contributed by atoms with van der Waals surface area (Å²) in [7, 11) is 1.41. The fourth-order valence-corrected chi connectivity index (χ4v) is 3.32. The van der Waals surface area contributed by atoms with Gasteiger partial charge in [-0.2, -0.15) is 4.98 Å². The SMILES string of the molecule is COc1nc(N2CCNCC2)nc(-c2cc(F)c3nc(C)cn3c2)c1C(N)=O. The third-order valence-electron chi connectivity index (χ3n) is 4.60. The molecule has 1 saturated heterocycles. The summed E-state index contributed by atoms with van der Waals surface area (Å²) in [6, 6.07) is 1.29. The highest BCUT2D eigenvalue weighted by molar-refractivity contribution is 6.01. The highest BCUT2D eigenvalue weighted by Gasteiger charge is 2.25. The lowest BCUT2D eigenvalue weighted by Crippen LogP contribution is -2.44. The van der Waals surface area contributed by atoms with E-state index >= 15 is 0 Å². The third-order valence-corrected chi connectivity index (χ3v) is 4.60. The molecular weight excluding hydrogens is 365 g/mol. The van der Waals surface area contributed by atoms with Crippen LogP contribution >= 0.6 is 0 Å². The van der Waals surface area contributed by atoms with Gasteiger partial charge in [-0.05, 0) is 13.0 Å². The molecule has 1 fully saturated rings. The Hall–Kier alpha value is -3.27. The van der Waals surface area contributed by atoms with Crippen LogP contribution < -0.4 is 20.7 Å². The summed E-state index contributed by atoms with van der Waals surface area (Å²) in [6.07, 6.45) is 3.36. The van der Waals surface area contributed by atoms with Gasteiger partial charge in [-0.1, -0.05) is 0 Å². The van der Waals surface area contributed by atoms with Crippen molar-refractivity contribution in [3.8, 4) is 17.1 Å². The molecule has 28 heavy (non-hydrogen) atoms. The summed E-state index contributed by atoms with van der Waals surface area (Å²) in [5.41, 5.74) is 7.07. The number of halogens is 1. The largest absolute Gasteiger partial charge is 0.480 e. The van der Waals surface area contributed by atoms with Gasteiger partial charge in [0.05, 0.1) is 18.5 Å². The van der Waals surface area contributed by atoms with E-state index in [0.717, 1.165) is 13.1 Å². The van der Waals surface area contributed by atoms with Crippen molar-refractivity contribution in [3.63, 3.8) is 0 Å². The summed E-state index contributed by atoms with van der Waals surface area (Å²) in [5, 5.41) is 3.26. The number of aromatic nitrogens is 4. The molecule has 10 heteroatoms. The molecule has 0 saturated carbocycles. The fourth-order valence-electron chi connectivity index (χ4n) is 3.32. The highest BCUT2D eigenvalue weighted by Crippen LogP contribution is 2.31. The maximum atomic E-state index is 14.6. The van der Waals surface area contributed by atoms with Crippen molar-refractivity contribution in [3.05, 3.63) is 35.5 Å². The predicted octanol–water partition coefficient (Wildman–Crippen LogP) is 0.756. The summed E-state index contributed by atoms with van der Waals surface area (Å²) >= 11 is 0. The van der Waals surface area contributed by atoms with Gasteiger partial charge >= 0.3 is 0 Å². The minimum atomic E-state index is -0.749. The number of nitrogens with two attached hydrogens (primary N) is 1. The second kappa shape index (κ2) is 7.04. The Kier molecular flexibility index (Phi) is 4.55. The van der Waals surface area contributed by atoms with E-state index < -0.39 is 11.7 Å². The predicted molar refractivity (Wildman–Crippen MR) is 101 cm³/mol. The molecule has 3 aromatic heterocycles. The van der Waals surface area contributed by atoms with Crippen molar-refractivity contribution in [2.45, 2.75) is 6.92 Å². The number of anilines is 1. The van der Waals surface area contributed by atoms with Gasteiger partial charge in [-0.3, -0.25) is 4.79 Å². The molecule has 1 aliphatic heterocycles. The summed E-state index contributed by atoms with van der Waals surface area (Å²) in [6.45, 7) is 4.75. The van der Waals surface area contributed by atoms with E-state index in [2.05, 4.69) is 20.3 Å². The van der Waals surface area contributed by atoms with Crippen LogP contribution in [0.4, 0.5) is 10.3 Å². The number of imidazole rings is 1. The first-order valence-electron chi connectivity index (χ1n) is 8.84. The average molecular weight is 385 g/mol. The molecular formula is C18H20FN7O2. The van der Waals surface area contributed by atoms with Gasteiger partial charge in [-0.15, -0.1) is 0 Å². The number of aryl methyl sites for hydroxylation is 1. The van der Waals surface area contributed by atoms with Crippen molar-refractivity contribution in [1.82, 2.24) is 24.7 Å². The van der Waals surface area contributed by atoms with Crippen LogP contribution in [0.25, 0.3) is 16.9 Å². The van der Waals surface area contributed by atoms with Crippen LogP contribution in [0.2, 0.25) is 0 Å². The van der Waals surface area contributed by atoms with Gasteiger partial charge in [0.2, 0.25) is 11.8 Å². The number of carbonyl (C=O) groups excluding carboxylic acids is 1. The molecule has 0 bridgehead atoms. The lowest BCUT2D eigenvalue weighted by atomic mass is 10.1. The number of primary amides is 1. The van der Waals surface area contributed by atoms with Crippen LogP contribution in [0, 0.1) is 12.7 Å². The van der Waals surface area contributed by atoms with E-state index in [1.165, 1.54) is 13.2 Å². The van der Waals surface area contributed by atoms with E-state index in [1.807, 2.05) is 4.90 Å². The molecule has 0 radical (unpaired) electrons. The Labute approximate surface area is 160 Å². The number of fused-ring (bicyclic) bond motifs is 1. The molecule has 146 valence electrons. The third kappa shape index (κ3) is 3.11. The number of hydrogen-bond donors (Lipinski definition) is 2. The number of nitrogens with zero attached hydrogens (tertiary/aromatic N) is 5. The maximum Gasteiger partial charge on any atom is 0.256 e. The average Bonchev–Trinajstić information content (AvgIpc) is 3.08. The van der Waals surface area contributed by atoms with Crippen LogP contribution in [0.3, 0.4) is 0 Å². The molecule has 4 heterocycles. The number of pyridine rings is 1. The molecule has 4 rings (SSSR count). The lowest BCUT2D eigenvalue weighted by Gasteiger charge is -2.28. The first-order chi connectivity index (χ1) is 13.5. The maximum absolute atomic E-state index is 14.6. The summed E-state index contributed by atoms with van der Waals surface area (Å²) in [4.78, 5) is 27.2. The zero-order valence-corrected chi connectivity index (χ0v) is 15.6. The van der Waals surface area contributed by atoms with E-state index in [1.54, 1.807) is 23.7 Å². The van der Waals surface area contributed by atoms with Crippen LogP contribution in [0.1, 0.15) is 16.1 Å². The minimum absolute atomic E-state index is 0.0111. The second-order valence-corrected chi connectivity index (χ2v) is 6.55. The van der Waals surface area contributed by atoms with Crippen molar-refractivity contribution in [2.24, 2.45) is 5.73 Å². The van der Waals surface area contributed by atoms with Gasteiger partial charge in [0, 0.05) is 44.1 Å². The number of rotatable bonds is 4. The molecule has 1 amide bonds. The Balaban J connectivity index is 1.94. The monoisotopic (exact) mass is 385 g/mol. The van der Waals surface area contributed by atoms with E-state index in [0.29, 0.717) is 30.3 Å². The van der Waals surface area contributed by atoms with Crippen molar-refractivity contribution < 1.29 is 13.9 Å². The van der Waals surface area contributed by atoms with Gasteiger partial charge in [0.15, 0.2) is 11.5 Å². The van der Waals surface area contributed by atoms with Crippen LogP contribution in [-0.2, 0) is 0 Å². The highest BCUT2D eigenvalue weighted by atomic mass is 19.1. The van der Waals surface area contributed by atoms with Gasteiger partial charge in [-0.25, -0.2) is 14.4 Å². The smallest absolute Gasteiger partial charge is 0.256 e. The van der Waals surface area contributed by atoms with Gasteiger partial charge < -0.3 is 25.1 Å². The second-order valence-electron chi connectivity index (χ2n) is 6.55. The van der Waals surface area contributed by atoms with Gasteiger partial charge in [0.1, 0.15) is 5.56 Å². The zero-order chi connectivity index (χ0) is 19.8. The molecule has 1 aliphatic rings. The number of methoxy groups -OCH3 is 1. The Morgan fingerprint density at radius 1 is 1.25 bits per heavy atom. The number of ether oxygens (including phenoxy) is 1. The molecule has 3 aromatic rings. The normalized spacial score (nSPS) is 14.5. The molecule has 0 aromatic carbocycles. The van der Waals surface area contributed by atoms with E-state index in [4.69, 9.17) is 10.5 Å². The number of hydrogen-bond acceptors (Lipinski definition) is 7. The summed E-state index contributed by atoms with van der Waals surface area (Å²) in [5.74, 6) is -0.808. The zero-order valence-electron chi connectivity index (χ0n) is 15.6. The van der Waals surface area contributed by atoms with Crippen molar-refractivity contribution >= 4 is 17.5 Å². The quantitative estimate of drug-likeness (QED) is 0.682. The fraction of sp³-hybridized carbons (Fsp3) is 0.333. The topological polar surface area (TPSA) is 111 Å². The number of piperazine rings is 1. The molecule has 0 atom stereocenters. The molecule has 0 unspecified atom stereocenters. The van der Waals surface area contributed by atoms with Crippen LogP contribution in [0.15, 0.2) is 18.5 Å². The number of carbonyl (C=O) groups is 1. The molecule has 3 N–H and O–H groups in total.